The Morgan fingerprint density at radius 2 is 1.88 bits per heavy atom. The summed E-state index contributed by atoms with van der Waals surface area (Å²) >= 11 is 0. The van der Waals surface area contributed by atoms with E-state index in [1.165, 1.54) is 10.9 Å². The van der Waals surface area contributed by atoms with Crippen LogP contribution in [0.1, 0.15) is 20.3 Å². The van der Waals surface area contributed by atoms with Crippen LogP contribution in [0.15, 0.2) is 17.3 Å². The van der Waals surface area contributed by atoms with Gasteiger partial charge in [-0.1, -0.05) is 13.8 Å². The van der Waals surface area contributed by atoms with Gasteiger partial charge in [0, 0.05) is 26.3 Å². The first-order chi connectivity index (χ1) is 7.89. The zero-order chi connectivity index (χ0) is 12.6. The smallest absolute Gasteiger partial charge is 0.246 e. The zero-order valence-corrected chi connectivity index (χ0v) is 11.3. The maximum Gasteiger partial charge on any atom is 0.246 e. The van der Waals surface area contributed by atoms with Crippen molar-refractivity contribution in [3.05, 3.63) is 12.4 Å². The van der Waals surface area contributed by atoms with Crippen LogP contribution in [0.4, 0.5) is 0 Å². The third-order valence-corrected chi connectivity index (χ3v) is 4.94. The maximum absolute atomic E-state index is 12.4. The lowest BCUT2D eigenvalue weighted by molar-refractivity contribution is 0.222. The van der Waals surface area contributed by atoms with Crippen molar-refractivity contribution < 1.29 is 8.42 Å². The first kappa shape index (κ1) is 12.6. The predicted molar refractivity (Wildman–Crippen MR) is 64.9 cm³/mol. The molecule has 0 amide bonds. The van der Waals surface area contributed by atoms with Crippen molar-refractivity contribution in [2.75, 3.05) is 13.1 Å². The summed E-state index contributed by atoms with van der Waals surface area (Å²) in [6, 6.07) is 0. The predicted octanol–water partition coefficient (Wildman–Crippen LogP) is 1.09. The fraction of sp³-hybridized carbons (Fsp3) is 0.727. The normalized spacial score (nSPS) is 27.2. The van der Waals surface area contributed by atoms with Gasteiger partial charge in [-0.3, -0.25) is 4.68 Å². The Labute approximate surface area is 102 Å². The average molecular weight is 257 g/mol. The van der Waals surface area contributed by atoms with E-state index in [1.807, 2.05) is 0 Å². The number of hydrogen-bond donors (Lipinski definition) is 0. The minimum atomic E-state index is -3.36. The molecule has 1 aliphatic heterocycles. The number of aromatic nitrogens is 2. The van der Waals surface area contributed by atoms with Crippen molar-refractivity contribution in [2.45, 2.75) is 25.2 Å². The van der Waals surface area contributed by atoms with Gasteiger partial charge in [0.15, 0.2) is 0 Å². The van der Waals surface area contributed by atoms with Crippen LogP contribution in [0.5, 0.6) is 0 Å². The van der Waals surface area contributed by atoms with Gasteiger partial charge in [0.1, 0.15) is 4.90 Å². The molecule has 1 saturated heterocycles. The SMILES string of the molecule is CC1CC(C)CN(S(=O)(=O)c2cnn(C)c2)C1. The molecule has 5 nitrogen and oxygen atoms in total. The van der Waals surface area contributed by atoms with Gasteiger partial charge in [-0.05, 0) is 18.3 Å². The number of aryl methyl sites for hydroxylation is 1. The Bertz CT molecular complexity index is 485. The fourth-order valence-corrected chi connectivity index (χ4v) is 4.15. The second kappa shape index (κ2) is 4.42. The summed E-state index contributed by atoms with van der Waals surface area (Å²) in [7, 11) is -1.63. The van der Waals surface area contributed by atoms with E-state index in [0.29, 0.717) is 29.8 Å². The van der Waals surface area contributed by atoms with Crippen LogP contribution >= 0.6 is 0 Å². The average Bonchev–Trinajstić information content (AvgIpc) is 2.64. The first-order valence-corrected chi connectivity index (χ1v) is 7.32. The van der Waals surface area contributed by atoms with E-state index in [0.717, 1.165) is 6.42 Å². The standard InChI is InChI=1S/C11H19N3O2S/c1-9-4-10(2)7-14(6-9)17(15,16)11-5-12-13(3)8-11/h5,8-10H,4,6-7H2,1-3H3. The monoisotopic (exact) mass is 257 g/mol. The highest BCUT2D eigenvalue weighted by Crippen LogP contribution is 2.26. The quantitative estimate of drug-likeness (QED) is 0.797. The van der Waals surface area contributed by atoms with Crippen molar-refractivity contribution in [1.82, 2.24) is 14.1 Å². The van der Waals surface area contributed by atoms with Gasteiger partial charge in [0.05, 0.1) is 6.20 Å². The minimum Gasteiger partial charge on any atom is -0.274 e. The molecule has 0 bridgehead atoms. The topological polar surface area (TPSA) is 55.2 Å². The summed E-state index contributed by atoms with van der Waals surface area (Å²) in [6.45, 7) is 5.42. The Morgan fingerprint density at radius 1 is 1.29 bits per heavy atom. The van der Waals surface area contributed by atoms with Crippen LogP contribution in [0.2, 0.25) is 0 Å². The Morgan fingerprint density at radius 3 is 2.35 bits per heavy atom. The van der Waals surface area contributed by atoms with Crippen LogP contribution in [0, 0.1) is 11.8 Å². The van der Waals surface area contributed by atoms with Crippen molar-refractivity contribution in [3.63, 3.8) is 0 Å². The molecule has 0 saturated carbocycles. The molecular formula is C11H19N3O2S. The van der Waals surface area contributed by atoms with E-state index < -0.39 is 10.0 Å². The second-order valence-corrected chi connectivity index (χ2v) is 7.06. The molecule has 1 aromatic rings. The van der Waals surface area contributed by atoms with E-state index in [1.54, 1.807) is 17.5 Å². The minimum absolute atomic E-state index is 0.293. The Hall–Kier alpha value is -0.880. The molecule has 2 unspecified atom stereocenters. The first-order valence-electron chi connectivity index (χ1n) is 5.88. The summed E-state index contributed by atoms with van der Waals surface area (Å²) in [5.74, 6) is 0.843. The number of rotatable bonds is 2. The van der Waals surface area contributed by atoms with Crippen LogP contribution in [-0.2, 0) is 17.1 Å². The third kappa shape index (κ3) is 2.52. The van der Waals surface area contributed by atoms with Gasteiger partial charge in [0.25, 0.3) is 0 Å². The molecule has 0 N–H and O–H groups in total. The highest BCUT2D eigenvalue weighted by molar-refractivity contribution is 7.89. The van der Waals surface area contributed by atoms with Gasteiger partial charge in [0.2, 0.25) is 10.0 Å². The molecule has 1 aliphatic rings. The van der Waals surface area contributed by atoms with Crippen molar-refractivity contribution in [3.8, 4) is 0 Å². The van der Waals surface area contributed by atoms with Crippen LogP contribution in [0.25, 0.3) is 0 Å². The molecule has 0 radical (unpaired) electrons. The van der Waals surface area contributed by atoms with Crippen molar-refractivity contribution in [2.24, 2.45) is 18.9 Å². The lowest BCUT2D eigenvalue weighted by Crippen LogP contribution is -2.42. The molecule has 0 spiro atoms. The molecule has 6 heteroatoms. The zero-order valence-electron chi connectivity index (χ0n) is 10.5. The van der Waals surface area contributed by atoms with Gasteiger partial charge in [-0.15, -0.1) is 0 Å². The molecule has 2 rings (SSSR count). The number of nitrogens with zero attached hydrogens (tertiary/aromatic N) is 3. The van der Waals surface area contributed by atoms with Crippen LogP contribution < -0.4 is 0 Å². The van der Waals surface area contributed by atoms with E-state index in [-0.39, 0.29) is 0 Å². The van der Waals surface area contributed by atoms with E-state index >= 15 is 0 Å². The van der Waals surface area contributed by atoms with Gasteiger partial charge in [-0.25, -0.2) is 8.42 Å². The Balaban J connectivity index is 2.26. The lowest BCUT2D eigenvalue weighted by Gasteiger charge is -2.33. The van der Waals surface area contributed by atoms with Gasteiger partial charge in [-0.2, -0.15) is 9.40 Å². The number of piperidine rings is 1. The molecule has 1 fully saturated rings. The fourth-order valence-electron chi connectivity index (χ4n) is 2.48. The van der Waals surface area contributed by atoms with Crippen molar-refractivity contribution in [1.29, 1.82) is 0 Å². The summed E-state index contributed by atoms with van der Waals surface area (Å²) in [5, 5.41) is 3.93. The highest BCUT2D eigenvalue weighted by atomic mass is 32.2. The summed E-state index contributed by atoms with van der Waals surface area (Å²) in [4.78, 5) is 0.293. The summed E-state index contributed by atoms with van der Waals surface area (Å²) < 4.78 is 27.8. The second-order valence-electron chi connectivity index (χ2n) is 5.12. The summed E-state index contributed by atoms with van der Waals surface area (Å²) in [5.41, 5.74) is 0. The van der Waals surface area contributed by atoms with Gasteiger partial charge < -0.3 is 0 Å². The molecule has 96 valence electrons. The molecule has 0 aromatic carbocycles. The summed E-state index contributed by atoms with van der Waals surface area (Å²) in [6.07, 6.45) is 4.07. The lowest BCUT2D eigenvalue weighted by atomic mass is 9.94. The third-order valence-electron chi connectivity index (χ3n) is 3.15. The molecule has 1 aromatic heterocycles. The number of hydrogen-bond acceptors (Lipinski definition) is 3. The molecule has 2 heterocycles. The largest absolute Gasteiger partial charge is 0.274 e. The van der Waals surface area contributed by atoms with E-state index in [2.05, 4.69) is 18.9 Å². The molecule has 17 heavy (non-hydrogen) atoms. The van der Waals surface area contributed by atoms with E-state index in [9.17, 15) is 8.42 Å². The molecule has 2 atom stereocenters. The molecule has 0 aliphatic carbocycles. The maximum atomic E-state index is 12.4. The van der Waals surface area contributed by atoms with Crippen LogP contribution in [-0.4, -0.2) is 35.6 Å². The van der Waals surface area contributed by atoms with Crippen molar-refractivity contribution >= 4 is 10.0 Å². The van der Waals surface area contributed by atoms with Crippen LogP contribution in [0.3, 0.4) is 0 Å². The molecular weight excluding hydrogens is 238 g/mol. The Kier molecular flexibility index (Phi) is 3.27. The number of sulfonamides is 1. The van der Waals surface area contributed by atoms with Gasteiger partial charge >= 0.3 is 0 Å². The van der Waals surface area contributed by atoms with E-state index in [4.69, 9.17) is 0 Å². The highest BCUT2D eigenvalue weighted by Gasteiger charge is 2.32.